The molecule has 8 heteroatoms. The van der Waals surface area contributed by atoms with E-state index in [1.807, 2.05) is 37.3 Å². The quantitative estimate of drug-likeness (QED) is 0.605. The van der Waals surface area contributed by atoms with Crippen LogP contribution >= 0.6 is 11.6 Å². The van der Waals surface area contributed by atoms with Gasteiger partial charge in [-0.2, -0.15) is 5.10 Å². The smallest absolute Gasteiger partial charge is 0.245 e. The molecule has 1 aromatic carbocycles. The minimum absolute atomic E-state index is 0.0514. The second-order valence-electron chi connectivity index (χ2n) is 8.13. The van der Waals surface area contributed by atoms with Crippen LogP contribution in [0.15, 0.2) is 30.3 Å². The molecule has 2 aromatic rings. The molecule has 0 spiro atoms. The molecule has 0 aliphatic carbocycles. The van der Waals surface area contributed by atoms with Gasteiger partial charge in [0, 0.05) is 18.0 Å². The van der Waals surface area contributed by atoms with Gasteiger partial charge in [-0.05, 0) is 30.7 Å². The van der Waals surface area contributed by atoms with Crippen LogP contribution in [0.25, 0.3) is 5.69 Å². The molecule has 164 valence electrons. The van der Waals surface area contributed by atoms with Crippen LogP contribution in [0.3, 0.4) is 0 Å². The van der Waals surface area contributed by atoms with Crippen molar-refractivity contribution in [1.82, 2.24) is 14.7 Å². The Morgan fingerprint density at radius 1 is 1.23 bits per heavy atom. The van der Waals surface area contributed by atoms with Crippen LogP contribution in [0.5, 0.6) is 5.75 Å². The molecule has 1 N–H and O–H groups in total. The predicted octanol–water partition coefficient (Wildman–Crippen LogP) is 3.98. The second-order valence-corrected chi connectivity index (χ2v) is 8.39. The third-order valence-electron chi connectivity index (χ3n) is 4.65. The molecule has 0 radical (unpaired) electrons. The van der Waals surface area contributed by atoms with E-state index < -0.39 is 0 Å². The van der Waals surface area contributed by atoms with E-state index in [1.54, 1.807) is 11.8 Å². The Hall–Kier alpha value is -2.54. The zero-order chi connectivity index (χ0) is 22.3. The van der Waals surface area contributed by atoms with Gasteiger partial charge in [0.15, 0.2) is 0 Å². The van der Waals surface area contributed by atoms with Crippen molar-refractivity contribution in [1.29, 1.82) is 0 Å². The number of carbonyl (C=O) groups is 2. The first kappa shape index (κ1) is 23.7. The van der Waals surface area contributed by atoms with Gasteiger partial charge >= 0.3 is 0 Å². The number of amides is 2. The third-order valence-corrected chi connectivity index (χ3v) is 4.87. The lowest BCUT2D eigenvalue weighted by atomic mass is 9.92. The van der Waals surface area contributed by atoms with Gasteiger partial charge in [0.25, 0.3) is 0 Å². The van der Waals surface area contributed by atoms with Gasteiger partial charge in [0.1, 0.15) is 17.4 Å². The molecule has 0 aliphatic heterocycles. The molecule has 1 aromatic heterocycles. The lowest BCUT2D eigenvalue weighted by Crippen LogP contribution is -2.39. The first-order valence-corrected chi connectivity index (χ1v) is 10.6. The Morgan fingerprint density at radius 3 is 2.43 bits per heavy atom. The molecule has 2 amide bonds. The molecule has 0 unspecified atom stereocenters. The lowest BCUT2D eigenvalue weighted by molar-refractivity contribution is -0.132. The number of methoxy groups -OCH3 is 1. The number of anilines is 1. The van der Waals surface area contributed by atoms with E-state index in [9.17, 15) is 9.59 Å². The number of aromatic nitrogens is 2. The highest BCUT2D eigenvalue weighted by Gasteiger charge is 2.23. The molecule has 0 saturated carbocycles. The minimum atomic E-state index is -0.292. The van der Waals surface area contributed by atoms with Gasteiger partial charge < -0.3 is 15.0 Å². The summed E-state index contributed by atoms with van der Waals surface area (Å²) in [5.41, 5.74) is 1.44. The Balaban J connectivity index is 2.29. The molecule has 2 rings (SSSR count). The number of hydrogen-bond donors (Lipinski definition) is 1. The number of alkyl halides is 1. The molecule has 0 atom stereocenters. The van der Waals surface area contributed by atoms with Gasteiger partial charge in [-0.3, -0.25) is 9.59 Å². The third kappa shape index (κ3) is 6.23. The van der Waals surface area contributed by atoms with Crippen LogP contribution in [-0.2, 0) is 15.0 Å². The number of ether oxygens (including phenoxy) is 1. The SMILES string of the molecule is CCCCN(CC(=O)Nc1cc(C(C)(C)C)nn1-c1ccc(OC)cc1)C(=O)CCl. The van der Waals surface area contributed by atoms with Crippen LogP contribution in [0, 0.1) is 0 Å². The van der Waals surface area contributed by atoms with Crippen molar-refractivity contribution in [3.8, 4) is 11.4 Å². The number of carbonyl (C=O) groups excluding carboxylic acids is 2. The van der Waals surface area contributed by atoms with Crippen molar-refractivity contribution in [3.63, 3.8) is 0 Å². The maximum Gasteiger partial charge on any atom is 0.245 e. The van der Waals surface area contributed by atoms with Crippen molar-refractivity contribution in [3.05, 3.63) is 36.0 Å². The number of rotatable bonds is 9. The summed E-state index contributed by atoms with van der Waals surface area (Å²) in [5.74, 6) is 0.594. The summed E-state index contributed by atoms with van der Waals surface area (Å²) in [6.07, 6.45) is 1.74. The van der Waals surface area contributed by atoms with E-state index in [2.05, 4.69) is 26.1 Å². The standard InChI is InChI=1S/C22H31ClN4O3/c1-6-7-12-26(21(29)14-23)15-20(28)24-19-13-18(22(2,3)4)25-27(19)16-8-10-17(30-5)11-9-16/h8-11,13H,6-7,12,14-15H2,1-5H3,(H,24,28). The van der Waals surface area contributed by atoms with Gasteiger partial charge in [0.2, 0.25) is 11.8 Å². The highest BCUT2D eigenvalue weighted by Crippen LogP contribution is 2.27. The number of benzene rings is 1. The van der Waals surface area contributed by atoms with Gasteiger partial charge in [-0.15, -0.1) is 11.6 Å². The van der Waals surface area contributed by atoms with Crippen LogP contribution < -0.4 is 10.1 Å². The number of nitrogens with one attached hydrogen (secondary N) is 1. The zero-order valence-electron chi connectivity index (χ0n) is 18.4. The zero-order valence-corrected chi connectivity index (χ0v) is 19.1. The molecule has 7 nitrogen and oxygen atoms in total. The first-order chi connectivity index (χ1) is 14.2. The van der Waals surface area contributed by atoms with E-state index in [4.69, 9.17) is 21.4 Å². The van der Waals surface area contributed by atoms with Crippen LogP contribution in [0.1, 0.15) is 46.2 Å². The molecule has 1 heterocycles. The van der Waals surface area contributed by atoms with Crippen LogP contribution in [0.2, 0.25) is 0 Å². The van der Waals surface area contributed by atoms with E-state index in [0.29, 0.717) is 12.4 Å². The van der Waals surface area contributed by atoms with E-state index >= 15 is 0 Å². The highest BCUT2D eigenvalue weighted by atomic mass is 35.5. The lowest BCUT2D eigenvalue weighted by Gasteiger charge is -2.21. The summed E-state index contributed by atoms with van der Waals surface area (Å²) in [6, 6.07) is 9.29. The van der Waals surface area contributed by atoms with Crippen molar-refractivity contribution in [2.24, 2.45) is 0 Å². The summed E-state index contributed by atoms with van der Waals surface area (Å²) < 4.78 is 6.91. The van der Waals surface area contributed by atoms with Crippen molar-refractivity contribution >= 4 is 29.2 Å². The number of nitrogens with zero attached hydrogens (tertiary/aromatic N) is 3. The topological polar surface area (TPSA) is 76.5 Å². The van der Waals surface area contributed by atoms with Crippen molar-refractivity contribution < 1.29 is 14.3 Å². The molecular formula is C22H31ClN4O3. The Kier molecular flexibility index (Phi) is 8.29. The van der Waals surface area contributed by atoms with Crippen LogP contribution in [-0.4, -0.2) is 52.6 Å². The van der Waals surface area contributed by atoms with E-state index in [-0.39, 0.29) is 29.7 Å². The number of hydrogen-bond acceptors (Lipinski definition) is 4. The maximum absolute atomic E-state index is 12.7. The second kappa shape index (κ2) is 10.5. The minimum Gasteiger partial charge on any atom is -0.497 e. The normalized spacial score (nSPS) is 11.3. The monoisotopic (exact) mass is 434 g/mol. The number of unbranched alkanes of at least 4 members (excludes halogenated alkanes) is 1. The molecule has 0 aliphatic rings. The first-order valence-electron chi connectivity index (χ1n) is 10.1. The highest BCUT2D eigenvalue weighted by molar-refractivity contribution is 6.27. The summed E-state index contributed by atoms with van der Waals surface area (Å²) in [6.45, 7) is 8.66. The summed E-state index contributed by atoms with van der Waals surface area (Å²) in [4.78, 5) is 26.3. The average molecular weight is 435 g/mol. The number of halogens is 1. The molecular weight excluding hydrogens is 404 g/mol. The molecule has 30 heavy (non-hydrogen) atoms. The Bertz CT molecular complexity index is 856. The summed E-state index contributed by atoms with van der Waals surface area (Å²) in [7, 11) is 1.61. The van der Waals surface area contributed by atoms with Crippen molar-refractivity contribution in [2.75, 3.05) is 31.4 Å². The van der Waals surface area contributed by atoms with E-state index in [1.165, 1.54) is 4.90 Å². The maximum atomic E-state index is 12.7. The fraction of sp³-hybridized carbons (Fsp3) is 0.500. The Morgan fingerprint density at radius 2 is 1.90 bits per heavy atom. The van der Waals surface area contributed by atoms with Crippen molar-refractivity contribution in [2.45, 2.75) is 46.0 Å². The fourth-order valence-electron chi connectivity index (χ4n) is 2.84. The Labute approximate surface area is 183 Å². The van der Waals surface area contributed by atoms with E-state index in [0.717, 1.165) is 30.0 Å². The average Bonchev–Trinajstić information content (AvgIpc) is 3.14. The fourth-order valence-corrected chi connectivity index (χ4v) is 3.01. The van der Waals surface area contributed by atoms with Gasteiger partial charge in [-0.25, -0.2) is 4.68 Å². The molecule has 0 saturated heterocycles. The molecule has 0 fully saturated rings. The van der Waals surface area contributed by atoms with Crippen LogP contribution in [0.4, 0.5) is 5.82 Å². The molecule has 0 bridgehead atoms. The summed E-state index contributed by atoms with van der Waals surface area (Å²) in [5, 5.41) is 7.61. The predicted molar refractivity (Wildman–Crippen MR) is 120 cm³/mol. The van der Waals surface area contributed by atoms with Gasteiger partial charge in [0.05, 0.1) is 25.0 Å². The largest absolute Gasteiger partial charge is 0.497 e. The van der Waals surface area contributed by atoms with Gasteiger partial charge in [-0.1, -0.05) is 34.1 Å². The summed E-state index contributed by atoms with van der Waals surface area (Å²) >= 11 is 5.71.